The van der Waals surface area contributed by atoms with Crippen LogP contribution in [0, 0.1) is 6.92 Å². The highest BCUT2D eigenvalue weighted by Crippen LogP contribution is 2.47. The molecule has 1 N–H and O–H groups in total. The van der Waals surface area contributed by atoms with Crippen molar-refractivity contribution in [1.82, 2.24) is 9.97 Å². The first-order valence-electron chi connectivity index (χ1n) is 12.1. The topological polar surface area (TPSA) is 58.9 Å². The molecule has 3 aromatic rings. The Kier molecular flexibility index (Phi) is 8.55. The minimum absolute atomic E-state index is 0. The van der Waals surface area contributed by atoms with Crippen LogP contribution in [0.3, 0.4) is 0 Å². The number of methoxy groups -OCH3 is 1. The number of Topliss-reactive ketones (excluding diaryl/α,β-unsaturated/α-hetero) is 1. The van der Waals surface area contributed by atoms with Gasteiger partial charge in [0.25, 0.3) is 0 Å². The van der Waals surface area contributed by atoms with Crippen LogP contribution in [0.15, 0.2) is 24.4 Å². The highest BCUT2D eigenvalue weighted by Gasteiger charge is 2.50. The molecule has 0 saturated heterocycles. The molecule has 0 atom stereocenters. The normalized spacial score (nSPS) is 15.8. The van der Waals surface area contributed by atoms with Gasteiger partial charge in [-0.05, 0) is 64.3 Å². The number of hydrogen-bond donors (Lipinski definition) is 1. The largest absolute Gasteiger partial charge is 1.00 e. The van der Waals surface area contributed by atoms with Crippen molar-refractivity contribution >= 4 is 38.4 Å². The van der Waals surface area contributed by atoms with Gasteiger partial charge in [0.1, 0.15) is 17.0 Å². The summed E-state index contributed by atoms with van der Waals surface area (Å²) >= 11 is 0. The molecule has 0 radical (unpaired) electrons. The van der Waals surface area contributed by atoms with E-state index in [0.717, 1.165) is 45.2 Å². The average molecular weight is 534 g/mol. The third-order valence-electron chi connectivity index (χ3n) is 7.12. The predicted molar refractivity (Wildman–Crippen MR) is 143 cm³/mol. The van der Waals surface area contributed by atoms with Crippen LogP contribution in [0.2, 0.25) is 0 Å². The molecular formula is C27H36ClN3O2S2. The summed E-state index contributed by atoms with van der Waals surface area (Å²) in [6, 6.07) is 6.23. The second kappa shape index (κ2) is 10.7. The van der Waals surface area contributed by atoms with Gasteiger partial charge in [-0.25, -0.2) is 9.55 Å². The number of hydrogen-bond acceptors (Lipinski definition) is 5. The van der Waals surface area contributed by atoms with Crippen LogP contribution < -0.4 is 21.7 Å². The number of carbonyl (C=O) groups excluding carboxylic acids is 1. The smallest absolute Gasteiger partial charge is 0.402 e. The number of rotatable bonds is 9. The van der Waals surface area contributed by atoms with E-state index in [9.17, 15) is 4.79 Å². The van der Waals surface area contributed by atoms with Crippen molar-refractivity contribution in [2.45, 2.75) is 77.4 Å². The van der Waals surface area contributed by atoms with E-state index in [-0.39, 0.29) is 18.2 Å². The Morgan fingerprint density at radius 2 is 1.77 bits per heavy atom. The summed E-state index contributed by atoms with van der Waals surface area (Å²) in [5.74, 6) is 3.97. The Balaban J connectivity index is 0.00000342. The summed E-state index contributed by atoms with van der Waals surface area (Å²) in [4.78, 5) is 21.6. The van der Waals surface area contributed by atoms with Crippen LogP contribution >= 0.6 is 21.6 Å². The standard InChI is InChI=1S/C27H36N3O2S2.ClH/c1-8-9-10-13-33-34-16-22-17(2)23(32-7)11-12-30(22)25-28-20-14-18-19(15-21(20)29-25)27(5,6)24(31)26(18,3)4;/h11-12,14-15H,8-10,13,16H2,1-7H3,(H,28,29);1H/q+1;/p-1. The summed E-state index contributed by atoms with van der Waals surface area (Å²) < 4.78 is 7.76. The number of H-pyrrole nitrogens is 1. The zero-order chi connectivity index (χ0) is 24.7. The lowest BCUT2D eigenvalue weighted by molar-refractivity contribution is -0.610. The van der Waals surface area contributed by atoms with E-state index in [2.05, 4.69) is 35.5 Å². The SMILES string of the molecule is CCCCCSSCc1c(C)c(OC)cc[n+]1-c1nc2cc3c(cc2[nH]1)C(C)(C)C(=O)C3(C)C.[Cl-]. The van der Waals surface area contributed by atoms with Crippen LogP contribution in [0.1, 0.15) is 76.3 Å². The minimum Gasteiger partial charge on any atom is -1.00 e. The zero-order valence-corrected chi connectivity index (χ0v) is 24.1. The lowest BCUT2D eigenvalue weighted by Gasteiger charge is -2.21. The Morgan fingerprint density at radius 1 is 1.09 bits per heavy atom. The molecule has 1 aliphatic rings. The van der Waals surface area contributed by atoms with Crippen LogP contribution in [-0.2, 0) is 21.4 Å². The molecule has 1 aliphatic carbocycles. The lowest BCUT2D eigenvalue weighted by Crippen LogP contribution is -3.00. The molecule has 1 aromatic carbocycles. The van der Waals surface area contributed by atoms with Crippen molar-refractivity contribution < 1.29 is 26.5 Å². The van der Waals surface area contributed by atoms with E-state index >= 15 is 0 Å². The Morgan fingerprint density at radius 3 is 2.43 bits per heavy atom. The first-order valence-corrected chi connectivity index (χ1v) is 14.5. The van der Waals surface area contributed by atoms with Crippen molar-refractivity contribution in [3.63, 3.8) is 0 Å². The summed E-state index contributed by atoms with van der Waals surface area (Å²) in [5, 5.41) is 0. The molecule has 0 spiro atoms. The van der Waals surface area contributed by atoms with Gasteiger partial charge in [0.2, 0.25) is 0 Å². The third kappa shape index (κ3) is 4.96. The molecule has 2 aromatic heterocycles. The van der Waals surface area contributed by atoms with Gasteiger partial charge in [-0.15, -0.1) is 0 Å². The number of pyridine rings is 1. The number of nitrogens with one attached hydrogen (secondary N) is 1. The van der Waals surface area contributed by atoms with Gasteiger partial charge in [0.15, 0.2) is 11.3 Å². The van der Waals surface area contributed by atoms with E-state index in [4.69, 9.17) is 9.72 Å². The van der Waals surface area contributed by atoms with Crippen molar-refractivity contribution in [3.05, 3.63) is 46.8 Å². The van der Waals surface area contributed by atoms with Crippen molar-refractivity contribution in [2.75, 3.05) is 12.9 Å². The molecule has 0 saturated carbocycles. The van der Waals surface area contributed by atoms with Gasteiger partial charge >= 0.3 is 5.95 Å². The molecule has 0 bridgehead atoms. The van der Waals surface area contributed by atoms with Crippen LogP contribution in [-0.4, -0.2) is 28.6 Å². The van der Waals surface area contributed by atoms with Crippen molar-refractivity contribution in [2.24, 2.45) is 0 Å². The number of aromatic nitrogens is 3. The maximum Gasteiger partial charge on any atom is 0.402 e. The Hall–Kier alpha value is -1.70. The van der Waals surface area contributed by atoms with Crippen molar-refractivity contribution in [3.8, 4) is 11.7 Å². The van der Waals surface area contributed by atoms with E-state index in [0.29, 0.717) is 0 Å². The number of nitrogens with zero attached hydrogens (tertiary/aromatic N) is 2. The molecule has 0 unspecified atom stereocenters. The number of ether oxygens (including phenoxy) is 1. The second-order valence-corrected chi connectivity index (χ2v) is 12.8. The Bertz CT molecular complexity index is 1180. The monoisotopic (exact) mass is 533 g/mol. The molecule has 0 aliphatic heterocycles. The van der Waals surface area contributed by atoms with Gasteiger partial charge in [0.05, 0.1) is 19.1 Å². The van der Waals surface area contributed by atoms with Crippen molar-refractivity contribution in [1.29, 1.82) is 0 Å². The first-order chi connectivity index (χ1) is 16.1. The zero-order valence-electron chi connectivity index (χ0n) is 21.8. The summed E-state index contributed by atoms with van der Waals surface area (Å²) in [6.45, 7) is 12.5. The van der Waals surface area contributed by atoms with Gasteiger partial charge in [-0.2, -0.15) is 0 Å². The molecule has 4 rings (SSSR count). The van der Waals surface area contributed by atoms with E-state index in [1.807, 2.05) is 61.5 Å². The van der Waals surface area contributed by atoms with Gasteiger partial charge in [0, 0.05) is 28.2 Å². The number of carbonyl (C=O) groups is 1. The molecule has 0 fully saturated rings. The predicted octanol–water partition coefficient (Wildman–Crippen LogP) is 3.37. The fraction of sp³-hybridized carbons (Fsp3) is 0.519. The number of imidazole rings is 1. The molecule has 35 heavy (non-hydrogen) atoms. The lowest BCUT2D eigenvalue weighted by atomic mass is 9.80. The second-order valence-electron chi connectivity index (χ2n) is 10.2. The molecule has 0 amide bonds. The molecular weight excluding hydrogens is 498 g/mol. The fourth-order valence-electron chi connectivity index (χ4n) is 5.06. The maximum atomic E-state index is 13.1. The molecule has 190 valence electrons. The van der Waals surface area contributed by atoms with Gasteiger partial charge in [-0.1, -0.05) is 46.3 Å². The van der Waals surface area contributed by atoms with Crippen LogP contribution in [0.4, 0.5) is 0 Å². The number of benzene rings is 1. The minimum atomic E-state index is -0.507. The van der Waals surface area contributed by atoms with E-state index < -0.39 is 10.8 Å². The summed E-state index contributed by atoms with van der Waals surface area (Å²) in [6.07, 6.45) is 5.83. The first kappa shape index (κ1) is 27.9. The number of halogens is 1. The van der Waals surface area contributed by atoms with Gasteiger partial charge in [-0.3, -0.25) is 4.79 Å². The highest BCUT2D eigenvalue weighted by atomic mass is 35.5. The van der Waals surface area contributed by atoms with Crippen LogP contribution in [0.5, 0.6) is 5.75 Å². The summed E-state index contributed by atoms with van der Waals surface area (Å²) in [7, 11) is 5.54. The molecule has 2 heterocycles. The highest BCUT2D eigenvalue weighted by molar-refractivity contribution is 8.76. The Labute approximate surface area is 223 Å². The average Bonchev–Trinajstić information content (AvgIpc) is 3.28. The maximum absolute atomic E-state index is 13.1. The summed E-state index contributed by atoms with van der Waals surface area (Å²) in [5.41, 5.74) is 5.33. The number of ketones is 1. The third-order valence-corrected chi connectivity index (χ3v) is 9.48. The molecule has 5 nitrogen and oxygen atoms in total. The number of aromatic amines is 1. The molecule has 8 heteroatoms. The fourth-order valence-corrected chi connectivity index (χ4v) is 7.34. The van der Waals surface area contributed by atoms with Gasteiger partial charge < -0.3 is 17.1 Å². The number of fused-ring (bicyclic) bond motifs is 2. The quantitative estimate of drug-likeness (QED) is 0.260. The van der Waals surface area contributed by atoms with E-state index in [1.165, 1.54) is 30.7 Å². The number of unbranched alkanes of at least 4 members (excludes halogenated alkanes) is 2. The van der Waals surface area contributed by atoms with Crippen LogP contribution in [0.25, 0.3) is 17.0 Å². The van der Waals surface area contributed by atoms with E-state index in [1.54, 1.807) is 7.11 Å².